The highest BCUT2D eigenvalue weighted by Gasteiger charge is 2.20. The molecule has 0 radical (unpaired) electrons. The Morgan fingerprint density at radius 2 is 1.77 bits per heavy atom. The molecular formula is C22H17FN4O3. The summed E-state index contributed by atoms with van der Waals surface area (Å²) in [7, 11) is 0. The molecule has 0 saturated carbocycles. The third kappa shape index (κ3) is 3.50. The van der Waals surface area contributed by atoms with Crippen LogP contribution in [0.2, 0.25) is 0 Å². The zero-order valence-electron chi connectivity index (χ0n) is 16.2. The monoisotopic (exact) mass is 404 g/mol. The van der Waals surface area contributed by atoms with Crippen LogP contribution in [0.5, 0.6) is 0 Å². The van der Waals surface area contributed by atoms with Gasteiger partial charge in [0, 0.05) is 16.8 Å². The second kappa shape index (κ2) is 7.40. The largest absolute Gasteiger partial charge is 0.366 e. The van der Waals surface area contributed by atoms with Crippen molar-refractivity contribution in [1.82, 2.24) is 10.1 Å². The Labute approximate surface area is 170 Å². The fourth-order valence-corrected chi connectivity index (χ4v) is 3.26. The highest BCUT2D eigenvalue weighted by Crippen LogP contribution is 2.28. The van der Waals surface area contributed by atoms with E-state index in [2.05, 4.69) is 15.5 Å². The molecule has 0 fully saturated rings. The minimum atomic E-state index is -0.537. The average Bonchev–Trinajstić information content (AvgIpc) is 3.08. The SMILES string of the molecule is Cc1cc(NC(=O)c2cc(-c3ccc(F)cc3)nc3onc(C)c23)ccc1C(N)=O. The summed E-state index contributed by atoms with van der Waals surface area (Å²) in [5.74, 6) is -1.31. The number of benzene rings is 2. The van der Waals surface area contributed by atoms with Crippen molar-refractivity contribution in [3.8, 4) is 11.3 Å². The predicted octanol–water partition coefficient (Wildman–Crippen LogP) is 4.00. The molecule has 30 heavy (non-hydrogen) atoms. The molecule has 0 bridgehead atoms. The van der Waals surface area contributed by atoms with Crippen LogP contribution in [-0.4, -0.2) is 22.0 Å². The van der Waals surface area contributed by atoms with Crippen molar-refractivity contribution in [2.24, 2.45) is 5.73 Å². The Balaban J connectivity index is 1.76. The molecule has 2 aromatic heterocycles. The van der Waals surface area contributed by atoms with E-state index in [9.17, 15) is 14.0 Å². The number of primary amides is 1. The van der Waals surface area contributed by atoms with Gasteiger partial charge in [0.05, 0.1) is 22.3 Å². The molecule has 0 aliphatic rings. The Bertz CT molecular complexity index is 1300. The minimum Gasteiger partial charge on any atom is -0.366 e. The number of nitrogens with one attached hydrogen (secondary N) is 1. The lowest BCUT2D eigenvalue weighted by atomic mass is 10.0. The molecule has 0 aliphatic heterocycles. The van der Waals surface area contributed by atoms with Crippen molar-refractivity contribution in [1.29, 1.82) is 0 Å². The van der Waals surface area contributed by atoms with Crippen LogP contribution in [0.3, 0.4) is 0 Å². The van der Waals surface area contributed by atoms with Crippen molar-refractivity contribution < 1.29 is 18.5 Å². The van der Waals surface area contributed by atoms with Gasteiger partial charge in [0.15, 0.2) is 0 Å². The van der Waals surface area contributed by atoms with E-state index in [1.807, 2.05) is 0 Å². The molecule has 4 rings (SSSR count). The molecule has 2 aromatic carbocycles. The summed E-state index contributed by atoms with van der Waals surface area (Å²) >= 11 is 0. The molecule has 7 nitrogen and oxygen atoms in total. The van der Waals surface area contributed by atoms with Crippen LogP contribution in [0.4, 0.5) is 10.1 Å². The predicted molar refractivity (Wildman–Crippen MR) is 110 cm³/mol. The van der Waals surface area contributed by atoms with Crippen LogP contribution in [0.25, 0.3) is 22.4 Å². The molecule has 0 aliphatic carbocycles. The number of anilines is 1. The van der Waals surface area contributed by atoms with Gasteiger partial charge in [-0.1, -0.05) is 5.16 Å². The van der Waals surface area contributed by atoms with E-state index in [1.54, 1.807) is 50.2 Å². The van der Waals surface area contributed by atoms with Gasteiger partial charge in [-0.05, 0) is 67.9 Å². The number of nitrogens with two attached hydrogens (primary N) is 1. The fraction of sp³-hybridized carbons (Fsp3) is 0.0909. The van der Waals surface area contributed by atoms with Crippen LogP contribution in [0.1, 0.15) is 32.0 Å². The maximum atomic E-state index is 13.3. The molecule has 0 atom stereocenters. The number of halogens is 1. The van der Waals surface area contributed by atoms with Crippen LogP contribution in [0.15, 0.2) is 53.1 Å². The van der Waals surface area contributed by atoms with Gasteiger partial charge in [-0.3, -0.25) is 9.59 Å². The summed E-state index contributed by atoms with van der Waals surface area (Å²) in [6.45, 7) is 3.45. The number of aryl methyl sites for hydroxylation is 2. The Morgan fingerprint density at radius 1 is 1.03 bits per heavy atom. The van der Waals surface area contributed by atoms with E-state index in [0.717, 1.165) is 0 Å². The van der Waals surface area contributed by atoms with Gasteiger partial charge in [0.2, 0.25) is 5.91 Å². The van der Waals surface area contributed by atoms with Crippen LogP contribution < -0.4 is 11.1 Å². The summed E-state index contributed by atoms with van der Waals surface area (Å²) in [6.07, 6.45) is 0. The molecular weight excluding hydrogens is 387 g/mol. The number of nitrogens with zero attached hydrogens (tertiary/aromatic N) is 2. The van der Waals surface area contributed by atoms with Gasteiger partial charge in [-0.25, -0.2) is 9.37 Å². The number of hydrogen-bond donors (Lipinski definition) is 2. The van der Waals surface area contributed by atoms with Gasteiger partial charge in [-0.2, -0.15) is 0 Å². The topological polar surface area (TPSA) is 111 Å². The van der Waals surface area contributed by atoms with Gasteiger partial charge < -0.3 is 15.6 Å². The number of carbonyl (C=O) groups is 2. The first kappa shape index (κ1) is 19.3. The lowest BCUT2D eigenvalue weighted by Gasteiger charge is -2.10. The normalized spacial score (nSPS) is 10.9. The number of carbonyl (C=O) groups excluding carboxylic acids is 2. The zero-order valence-corrected chi connectivity index (χ0v) is 16.2. The molecule has 0 unspecified atom stereocenters. The van der Waals surface area contributed by atoms with Crippen molar-refractivity contribution in [3.63, 3.8) is 0 Å². The lowest BCUT2D eigenvalue weighted by molar-refractivity contribution is 0.0998. The van der Waals surface area contributed by atoms with E-state index in [0.29, 0.717) is 44.7 Å². The standard InChI is InChI=1S/C22H17FN4O3/c1-11-9-15(7-8-16(11)20(24)28)25-21(29)17-10-18(13-3-5-14(23)6-4-13)26-22-19(17)12(2)27-30-22/h3-10H,1-2H3,(H2,24,28)(H,25,29). The fourth-order valence-electron chi connectivity index (χ4n) is 3.26. The average molecular weight is 404 g/mol. The third-order valence-electron chi connectivity index (χ3n) is 4.75. The maximum absolute atomic E-state index is 13.3. The van der Waals surface area contributed by atoms with Gasteiger partial charge in [0.1, 0.15) is 5.82 Å². The van der Waals surface area contributed by atoms with E-state index in [4.69, 9.17) is 10.3 Å². The van der Waals surface area contributed by atoms with Crippen LogP contribution in [0, 0.1) is 19.7 Å². The number of amides is 2. The van der Waals surface area contributed by atoms with Crippen LogP contribution >= 0.6 is 0 Å². The quantitative estimate of drug-likeness (QED) is 0.534. The number of aromatic nitrogens is 2. The summed E-state index contributed by atoms with van der Waals surface area (Å²) in [5, 5.41) is 7.21. The zero-order chi connectivity index (χ0) is 21.4. The Kier molecular flexibility index (Phi) is 4.75. The maximum Gasteiger partial charge on any atom is 0.259 e. The first-order chi connectivity index (χ1) is 14.3. The summed E-state index contributed by atoms with van der Waals surface area (Å²) in [6, 6.07) is 12.2. The molecule has 0 saturated heterocycles. The van der Waals surface area contributed by atoms with Crippen molar-refractivity contribution in [2.75, 3.05) is 5.32 Å². The number of hydrogen-bond acceptors (Lipinski definition) is 5. The highest BCUT2D eigenvalue weighted by atomic mass is 19.1. The molecule has 3 N–H and O–H groups in total. The van der Waals surface area contributed by atoms with Crippen LogP contribution in [-0.2, 0) is 0 Å². The Hall–Kier alpha value is -4.07. The van der Waals surface area contributed by atoms with Crippen molar-refractivity contribution >= 4 is 28.6 Å². The first-order valence-electron chi connectivity index (χ1n) is 9.08. The molecule has 2 amide bonds. The third-order valence-corrected chi connectivity index (χ3v) is 4.75. The molecule has 0 spiro atoms. The number of pyridine rings is 1. The minimum absolute atomic E-state index is 0.208. The molecule has 4 aromatic rings. The number of rotatable bonds is 4. The summed E-state index contributed by atoms with van der Waals surface area (Å²) in [4.78, 5) is 28.9. The van der Waals surface area contributed by atoms with E-state index in [-0.39, 0.29) is 11.5 Å². The lowest BCUT2D eigenvalue weighted by Crippen LogP contribution is -2.15. The molecule has 8 heteroatoms. The second-order valence-corrected chi connectivity index (χ2v) is 6.86. The van der Waals surface area contributed by atoms with Gasteiger partial charge in [0.25, 0.3) is 11.6 Å². The number of fused-ring (bicyclic) bond motifs is 1. The Morgan fingerprint density at radius 3 is 2.43 bits per heavy atom. The molecule has 2 heterocycles. The van der Waals surface area contributed by atoms with Crippen molar-refractivity contribution in [3.05, 3.63) is 76.7 Å². The van der Waals surface area contributed by atoms with E-state index in [1.165, 1.54) is 12.1 Å². The van der Waals surface area contributed by atoms with E-state index >= 15 is 0 Å². The second-order valence-electron chi connectivity index (χ2n) is 6.86. The molecule has 150 valence electrons. The van der Waals surface area contributed by atoms with E-state index < -0.39 is 11.8 Å². The highest BCUT2D eigenvalue weighted by molar-refractivity contribution is 6.13. The van der Waals surface area contributed by atoms with Crippen molar-refractivity contribution in [2.45, 2.75) is 13.8 Å². The first-order valence-corrected chi connectivity index (χ1v) is 9.08. The van der Waals surface area contributed by atoms with Gasteiger partial charge in [-0.15, -0.1) is 0 Å². The smallest absolute Gasteiger partial charge is 0.259 e. The van der Waals surface area contributed by atoms with Gasteiger partial charge >= 0.3 is 0 Å². The summed E-state index contributed by atoms with van der Waals surface area (Å²) < 4.78 is 18.5. The summed E-state index contributed by atoms with van der Waals surface area (Å²) in [5.41, 5.74) is 8.99.